The maximum absolute atomic E-state index is 12.9. The zero-order chi connectivity index (χ0) is 16.4. The molecule has 0 radical (unpaired) electrons. The predicted octanol–water partition coefficient (Wildman–Crippen LogP) is 3.69. The number of halogens is 1. The van der Waals surface area contributed by atoms with Crippen molar-refractivity contribution in [2.75, 3.05) is 13.3 Å². The Labute approximate surface area is 150 Å². The van der Waals surface area contributed by atoms with Crippen molar-refractivity contribution in [2.24, 2.45) is 0 Å². The number of amides is 1. The number of nitrogens with zero attached hydrogens (tertiary/aromatic N) is 1. The van der Waals surface area contributed by atoms with Crippen molar-refractivity contribution in [1.82, 2.24) is 4.90 Å². The first-order chi connectivity index (χ1) is 11.1. The number of ether oxygens (including phenoxy) is 2. The first-order valence-corrected chi connectivity index (χ1v) is 8.80. The molecule has 1 aromatic carbocycles. The predicted molar refractivity (Wildman–Crippen MR) is 97.7 cm³/mol. The minimum Gasteiger partial charge on any atom is -0.454 e. The van der Waals surface area contributed by atoms with Crippen molar-refractivity contribution >= 4 is 28.5 Å². The Hall–Kier alpha value is -1.50. The molecular formula is C18H20INO3. The average Bonchev–Trinajstić information content (AvgIpc) is 3.15. The molecule has 1 amide bonds. The van der Waals surface area contributed by atoms with E-state index in [1.165, 1.54) is 0 Å². The summed E-state index contributed by atoms with van der Waals surface area (Å²) in [5, 5.41) is 0. The fourth-order valence-corrected chi connectivity index (χ4v) is 4.01. The molecule has 2 heterocycles. The number of rotatable bonds is 5. The molecule has 0 bridgehead atoms. The molecular weight excluding hydrogens is 405 g/mol. The van der Waals surface area contributed by atoms with E-state index < -0.39 is 0 Å². The maximum Gasteiger partial charge on any atom is 0.231 e. The van der Waals surface area contributed by atoms with Crippen molar-refractivity contribution in [3.63, 3.8) is 0 Å². The Kier molecular flexibility index (Phi) is 4.66. The van der Waals surface area contributed by atoms with E-state index in [2.05, 4.69) is 35.7 Å². The summed E-state index contributed by atoms with van der Waals surface area (Å²) in [5.74, 6) is 1.59. The van der Waals surface area contributed by atoms with E-state index in [1.807, 2.05) is 29.2 Å². The number of benzene rings is 1. The van der Waals surface area contributed by atoms with Crippen LogP contribution in [0.5, 0.6) is 11.5 Å². The fraction of sp³-hybridized carbons (Fsp3) is 0.389. The van der Waals surface area contributed by atoms with Gasteiger partial charge in [-0.3, -0.25) is 4.79 Å². The van der Waals surface area contributed by atoms with E-state index in [-0.39, 0.29) is 18.2 Å². The molecule has 122 valence electrons. The second kappa shape index (κ2) is 6.55. The van der Waals surface area contributed by atoms with Crippen molar-refractivity contribution < 1.29 is 14.3 Å². The summed E-state index contributed by atoms with van der Waals surface area (Å²) in [5.41, 5.74) is 0.698. The lowest BCUT2D eigenvalue weighted by molar-refractivity contribution is -0.133. The number of hydrogen-bond acceptors (Lipinski definition) is 3. The summed E-state index contributed by atoms with van der Waals surface area (Å²) in [6.45, 7) is 8.81. The summed E-state index contributed by atoms with van der Waals surface area (Å²) in [6, 6.07) is 3.85. The molecule has 1 saturated heterocycles. The van der Waals surface area contributed by atoms with E-state index in [1.54, 1.807) is 0 Å². The first kappa shape index (κ1) is 16.4. The van der Waals surface area contributed by atoms with E-state index in [9.17, 15) is 4.79 Å². The van der Waals surface area contributed by atoms with Crippen LogP contribution >= 0.6 is 22.6 Å². The van der Waals surface area contributed by atoms with Crippen molar-refractivity contribution in [1.29, 1.82) is 0 Å². The molecule has 2 aliphatic heterocycles. The second-order valence-electron chi connectivity index (χ2n) is 5.92. The lowest BCUT2D eigenvalue weighted by atomic mass is 9.91. The second-order valence-corrected chi connectivity index (χ2v) is 7.09. The van der Waals surface area contributed by atoms with E-state index in [4.69, 9.17) is 9.47 Å². The number of fused-ring (bicyclic) bond motifs is 1. The molecule has 2 aliphatic rings. The van der Waals surface area contributed by atoms with Crippen LogP contribution in [-0.2, 0) is 11.2 Å². The summed E-state index contributed by atoms with van der Waals surface area (Å²) in [4.78, 5) is 14.8. The largest absolute Gasteiger partial charge is 0.454 e. The molecule has 5 heteroatoms. The average molecular weight is 425 g/mol. The molecule has 1 aromatic rings. The van der Waals surface area contributed by atoms with Crippen LogP contribution in [0.2, 0.25) is 0 Å². The van der Waals surface area contributed by atoms with E-state index in [0.29, 0.717) is 6.42 Å². The highest BCUT2D eigenvalue weighted by Crippen LogP contribution is 2.37. The first-order valence-electron chi connectivity index (χ1n) is 7.72. The van der Waals surface area contributed by atoms with E-state index in [0.717, 1.165) is 46.4 Å². The van der Waals surface area contributed by atoms with Crippen LogP contribution in [0, 0.1) is 3.57 Å². The topological polar surface area (TPSA) is 38.8 Å². The van der Waals surface area contributed by atoms with Gasteiger partial charge in [0, 0.05) is 10.1 Å². The van der Waals surface area contributed by atoms with Gasteiger partial charge < -0.3 is 14.4 Å². The van der Waals surface area contributed by atoms with Gasteiger partial charge in [0.1, 0.15) is 0 Å². The van der Waals surface area contributed by atoms with E-state index >= 15 is 0 Å². The maximum atomic E-state index is 12.9. The van der Waals surface area contributed by atoms with Gasteiger partial charge >= 0.3 is 0 Å². The Morgan fingerprint density at radius 1 is 1.35 bits per heavy atom. The van der Waals surface area contributed by atoms with Crippen molar-refractivity contribution in [2.45, 2.75) is 31.2 Å². The number of carbonyl (C=O) groups excluding carboxylic acids is 1. The van der Waals surface area contributed by atoms with Gasteiger partial charge in [-0.05, 0) is 59.5 Å². The van der Waals surface area contributed by atoms with Gasteiger partial charge in [0.2, 0.25) is 12.7 Å². The lowest BCUT2D eigenvalue weighted by Gasteiger charge is -2.35. The van der Waals surface area contributed by atoms with Crippen LogP contribution < -0.4 is 9.47 Å². The minimum atomic E-state index is -0.277. The Balaban J connectivity index is 1.81. The molecule has 0 N–H and O–H groups in total. The normalized spacial score (nSPS) is 22.2. The Morgan fingerprint density at radius 3 is 2.78 bits per heavy atom. The van der Waals surface area contributed by atoms with Crippen LogP contribution in [0.1, 0.15) is 24.8 Å². The Bertz CT molecular complexity index is 658. The number of likely N-dealkylation sites (tertiary alicyclic amines) is 1. The van der Waals surface area contributed by atoms with Gasteiger partial charge in [-0.15, -0.1) is 13.2 Å². The Morgan fingerprint density at radius 2 is 2.09 bits per heavy atom. The lowest BCUT2D eigenvalue weighted by Crippen LogP contribution is -2.46. The SMILES string of the molecule is C=CC[C@]1(C=C)CCCN1C(=O)Cc1cc2c(cc1I)OCO2. The molecule has 0 aliphatic carbocycles. The van der Waals surface area contributed by atoms with Crippen LogP contribution in [-0.4, -0.2) is 29.7 Å². The summed E-state index contributed by atoms with van der Waals surface area (Å²) < 4.78 is 11.8. The molecule has 0 saturated carbocycles. The summed E-state index contributed by atoms with van der Waals surface area (Å²) >= 11 is 2.24. The van der Waals surface area contributed by atoms with Gasteiger partial charge in [0.05, 0.1) is 12.0 Å². The van der Waals surface area contributed by atoms with Crippen molar-refractivity contribution in [3.8, 4) is 11.5 Å². The highest BCUT2D eigenvalue weighted by molar-refractivity contribution is 14.1. The highest BCUT2D eigenvalue weighted by atomic mass is 127. The third kappa shape index (κ3) is 2.98. The summed E-state index contributed by atoms with van der Waals surface area (Å²) in [6.07, 6.45) is 6.85. The zero-order valence-corrected chi connectivity index (χ0v) is 15.2. The third-order valence-electron chi connectivity index (χ3n) is 4.59. The van der Waals surface area contributed by atoms with Crippen LogP contribution in [0.25, 0.3) is 0 Å². The van der Waals surface area contributed by atoms with Gasteiger partial charge in [-0.1, -0.05) is 12.2 Å². The molecule has 1 fully saturated rings. The number of carbonyl (C=O) groups is 1. The standard InChI is InChI=1S/C18H20INO3/c1-3-6-18(4-2)7-5-8-20(18)17(21)10-13-9-15-16(11-14(13)19)23-12-22-15/h3-4,9,11H,1-2,5-8,10,12H2/t18-/m1/s1. The molecule has 0 aromatic heterocycles. The quantitative estimate of drug-likeness (QED) is 0.534. The third-order valence-corrected chi connectivity index (χ3v) is 5.60. The van der Waals surface area contributed by atoms with Crippen molar-refractivity contribution in [3.05, 3.63) is 46.6 Å². The highest BCUT2D eigenvalue weighted by Gasteiger charge is 2.40. The van der Waals surface area contributed by atoms with Gasteiger partial charge in [0.15, 0.2) is 11.5 Å². The van der Waals surface area contributed by atoms with Gasteiger partial charge in [-0.2, -0.15) is 0 Å². The molecule has 0 unspecified atom stereocenters. The van der Waals surface area contributed by atoms with Gasteiger partial charge in [0.25, 0.3) is 0 Å². The molecule has 23 heavy (non-hydrogen) atoms. The monoisotopic (exact) mass is 425 g/mol. The number of hydrogen-bond donors (Lipinski definition) is 0. The molecule has 1 atom stereocenters. The molecule has 0 spiro atoms. The smallest absolute Gasteiger partial charge is 0.231 e. The molecule has 3 rings (SSSR count). The van der Waals surface area contributed by atoms with Crippen LogP contribution in [0.3, 0.4) is 0 Å². The summed E-state index contributed by atoms with van der Waals surface area (Å²) in [7, 11) is 0. The minimum absolute atomic E-state index is 0.126. The van der Waals surface area contributed by atoms with Gasteiger partial charge in [-0.25, -0.2) is 0 Å². The molecule has 4 nitrogen and oxygen atoms in total. The zero-order valence-electron chi connectivity index (χ0n) is 13.0. The van der Waals surface area contributed by atoms with Crippen LogP contribution in [0.15, 0.2) is 37.4 Å². The van der Waals surface area contributed by atoms with Crippen LogP contribution in [0.4, 0.5) is 0 Å². The fourth-order valence-electron chi connectivity index (χ4n) is 3.38.